The molecule has 0 aromatic carbocycles. The molecule has 20 heavy (non-hydrogen) atoms. The van der Waals surface area contributed by atoms with Crippen LogP contribution in [-0.2, 0) is 0 Å². The monoisotopic (exact) mass is 288 g/mol. The van der Waals surface area contributed by atoms with Gasteiger partial charge in [-0.2, -0.15) is 0 Å². The van der Waals surface area contributed by atoms with Crippen LogP contribution in [0.15, 0.2) is 18.3 Å². The van der Waals surface area contributed by atoms with Crippen molar-refractivity contribution >= 4 is 5.91 Å². The first-order chi connectivity index (χ1) is 9.19. The van der Waals surface area contributed by atoms with Crippen LogP contribution in [0.3, 0.4) is 0 Å². The van der Waals surface area contributed by atoms with Gasteiger partial charge in [0.15, 0.2) is 6.61 Å². The van der Waals surface area contributed by atoms with Crippen LogP contribution in [0, 0.1) is 0 Å². The van der Waals surface area contributed by atoms with Gasteiger partial charge in [-0.25, -0.2) is 13.8 Å². The normalized spacial score (nSPS) is 11.6. The predicted octanol–water partition coefficient (Wildman–Crippen LogP) is 1.57. The highest BCUT2D eigenvalue weighted by molar-refractivity contribution is 5.94. The summed E-state index contributed by atoms with van der Waals surface area (Å²) < 4.78 is 28.8. The number of halogens is 2. The minimum absolute atomic E-state index is 0.0344. The maximum absolute atomic E-state index is 12.1. The van der Waals surface area contributed by atoms with Crippen molar-refractivity contribution in [1.29, 1.82) is 0 Å². The first kappa shape index (κ1) is 16.3. The van der Waals surface area contributed by atoms with Gasteiger partial charge in [-0.15, -0.1) is 0 Å². The van der Waals surface area contributed by atoms with Crippen LogP contribution in [0.4, 0.5) is 8.78 Å². The molecule has 0 fully saturated rings. The second-order valence-corrected chi connectivity index (χ2v) is 5.06. The number of aromatic nitrogens is 1. The lowest BCUT2D eigenvalue weighted by molar-refractivity contribution is 0.0367. The number of aliphatic hydroxyl groups is 1. The smallest absolute Gasteiger partial charge is 0.272 e. The Morgan fingerprint density at radius 2 is 2.20 bits per heavy atom. The lowest BCUT2D eigenvalue weighted by Gasteiger charge is -2.25. The van der Waals surface area contributed by atoms with E-state index in [1.165, 1.54) is 23.2 Å². The Morgan fingerprint density at radius 1 is 1.55 bits per heavy atom. The van der Waals surface area contributed by atoms with Crippen molar-refractivity contribution in [2.75, 3.05) is 20.2 Å². The third kappa shape index (κ3) is 5.48. The number of hydrogen-bond donors (Lipinski definition) is 1. The molecule has 1 amide bonds. The number of alkyl halides is 2. The van der Waals surface area contributed by atoms with E-state index in [1.807, 2.05) is 0 Å². The Kier molecular flexibility index (Phi) is 5.38. The van der Waals surface area contributed by atoms with Crippen molar-refractivity contribution in [1.82, 2.24) is 9.88 Å². The van der Waals surface area contributed by atoms with Crippen LogP contribution >= 0.6 is 0 Å². The second-order valence-electron chi connectivity index (χ2n) is 5.06. The molecule has 1 aromatic heterocycles. The maximum atomic E-state index is 12.1. The summed E-state index contributed by atoms with van der Waals surface area (Å²) >= 11 is 0. The number of ether oxygens (including phenoxy) is 1. The number of carbonyl (C=O) groups is 1. The summed E-state index contributed by atoms with van der Waals surface area (Å²) in [6, 6.07) is 2.75. The highest BCUT2D eigenvalue weighted by Crippen LogP contribution is 2.13. The van der Waals surface area contributed by atoms with E-state index in [9.17, 15) is 18.7 Å². The highest BCUT2D eigenvalue weighted by Gasteiger charge is 2.20. The van der Waals surface area contributed by atoms with E-state index in [2.05, 4.69) is 4.98 Å². The summed E-state index contributed by atoms with van der Waals surface area (Å²) in [7, 11) is 1.54. The van der Waals surface area contributed by atoms with Crippen LogP contribution in [-0.4, -0.2) is 53.1 Å². The topological polar surface area (TPSA) is 62.7 Å². The molecule has 0 aliphatic rings. The molecule has 0 aliphatic carbocycles. The van der Waals surface area contributed by atoms with E-state index >= 15 is 0 Å². The molecule has 5 nitrogen and oxygen atoms in total. The van der Waals surface area contributed by atoms with Crippen LogP contribution < -0.4 is 4.74 Å². The lowest BCUT2D eigenvalue weighted by Crippen LogP contribution is -2.39. The molecular weight excluding hydrogens is 270 g/mol. The number of likely N-dealkylation sites (N-methyl/N-ethyl adjacent to an activating group) is 1. The van der Waals surface area contributed by atoms with Gasteiger partial charge in [0.2, 0.25) is 5.88 Å². The fraction of sp³-hybridized carbons (Fsp3) is 0.538. The van der Waals surface area contributed by atoms with Gasteiger partial charge < -0.3 is 14.7 Å². The Labute approximate surface area is 116 Å². The first-order valence-electron chi connectivity index (χ1n) is 6.04. The number of pyridine rings is 1. The Hall–Kier alpha value is -1.76. The van der Waals surface area contributed by atoms with E-state index < -0.39 is 18.6 Å². The van der Waals surface area contributed by atoms with Crippen molar-refractivity contribution in [2.45, 2.75) is 25.9 Å². The fourth-order valence-electron chi connectivity index (χ4n) is 1.64. The van der Waals surface area contributed by atoms with Gasteiger partial charge in [-0.1, -0.05) is 0 Å². The van der Waals surface area contributed by atoms with Crippen molar-refractivity contribution in [2.24, 2.45) is 0 Å². The van der Waals surface area contributed by atoms with Crippen LogP contribution in [0.1, 0.15) is 24.2 Å². The summed E-state index contributed by atoms with van der Waals surface area (Å²) in [5.41, 5.74) is -0.761. The summed E-state index contributed by atoms with van der Waals surface area (Å²) in [6.45, 7) is 2.53. The number of nitrogens with zero attached hydrogens (tertiary/aromatic N) is 2. The van der Waals surface area contributed by atoms with Gasteiger partial charge in [0, 0.05) is 31.4 Å². The van der Waals surface area contributed by atoms with E-state index in [0.29, 0.717) is 0 Å². The minimum atomic E-state index is -2.60. The zero-order valence-corrected chi connectivity index (χ0v) is 11.6. The first-order valence-corrected chi connectivity index (χ1v) is 6.04. The molecule has 1 rings (SSSR count). The minimum Gasteiger partial charge on any atom is -0.472 e. The summed E-state index contributed by atoms with van der Waals surface area (Å²) in [6.07, 6.45) is -1.29. The number of rotatable bonds is 6. The number of carbonyl (C=O) groups excluding carboxylic acids is 1. The summed E-state index contributed by atoms with van der Waals surface area (Å²) in [5, 5.41) is 9.67. The molecule has 1 aromatic rings. The van der Waals surface area contributed by atoms with Gasteiger partial charge in [0.05, 0.1) is 5.60 Å². The Balaban J connectivity index is 2.75. The number of amides is 1. The van der Waals surface area contributed by atoms with Crippen molar-refractivity contribution in [3.05, 3.63) is 23.9 Å². The zero-order valence-electron chi connectivity index (χ0n) is 11.6. The second kappa shape index (κ2) is 6.60. The van der Waals surface area contributed by atoms with Crippen molar-refractivity contribution in [3.8, 4) is 5.88 Å². The highest BCUT2D eigenvalue weighted by atomic mass is 19.3. The molecule has 0 atom stereocenters. The third-order valence-corrected chi connectivity index (χ3v) is 2.31. The van der Waals surface area contributed by atoms with E-state index in [1.54, 1.807) is 20.9 Å². The molecule has 0 radical (unpaired) electrons. The maximum Gasteiger partial charge on any atom is 0.272 e. The lowest BCUT2D eigenvalue weighted by atomic mass is 10.1. The van der Waals surface area contributed by atoms with Gasteiger partial charge >= 0.3 is 0 Å². The molecule has 1 N–H and O–H groups in total. The SMILES string of the molecule is CN(CC(C)(C)O)C(=O)c1ccnc(OCC(F)F)c1. The molecule has 0 saturated heterocycles. The third-order valence-electron chi connectivity index (χ3n) is 2.31. The molecule has 1 heterocycles. The summed E-state index contributed by atoms with van der Waals surface area (Å²) in [5.74, 6) is -0.385. The number of hydrogen-bond acceptors (Lipinski definition) is 4. The van der Waals surface area contributed by atoms with E-state index in [0.717, 1.165) is 0 Å². The Morgan fingerprint density at radius 3 is 2.75 bits per heavy atom. The van der Waals surface area contributed by atoms with Gasteiger partial charge in [-0.3, -0.25) is 4.79 Å². The molecule has 7 heteroatoms. The quantitative estimate of drug-likeness (QED) is 0.863. The van der Waals surface area contributed by atoms with Gasteiger partial charge in [0.1, 0.15) is 0 Å². The van der Waals surface area contributed by atoms with Gasteiger partial charge in [0.25, 0.3) is 12.3 Å². The standard InChI is InChI=1S/C13H18F2N2O3/c1-13(2,19)8-17(3)12(18)9-4-5-16-11(6-9)20-7-10(14)15/h4-6,10,19H,7-8H2,1-3H3. The zero-order chi connectivity index (χ0) is 15.3. The molecule has 0 bridgehead atoms. The van der Waals surface area contributed by atoms with Gasteiger partial charge in [-0.05, 0) is 19.9 Å². The van der Waals surface area contributed by atoms with Crippen molar-refractivity contribution < 1.29 is 23.4 Å². The predicted molar refractivity (Wildman–Crippen MR) is 69.0 cm³/mol. The molecule has 0 aliphatic heterocycles. The molecule has 0 unspecified atom stereocenters. The van der Waals surface area contributed by atoms with E-state index in [4.69, 9.17) is 4.74 Å². The molecule has 0 saturated carbocycles. The molecule has 112 valence electrons. The van der Waals surface area contributed by atoms with E-state index in [-0.39, 0.29) is 23.9 Å². The van der Waals surface area contributed by atoms with Crippen molar-refractivity contribution in [3.63, 3.8) is 0 Å². The van der Waals surface area contributed by atoms with Crippen LogP contribution in [0.5, 0.6) is 5.88 Å². The van der Waals surface area contributed by atoms with Crippen LogP contribution in [0.2, 0.25) is 0 Å². The summed E-state index contributed by atoms with van der Waals surface area (Å²) in [4.78, 5) is 17.2. The average molecular weight is 288 g/mol. The molecule has 0 spiro atoms. The Bertz CT molecular complexity index is 461. The fourth-order valence-corrected chi connectivity index (χ4v) is 1.64. The van der Waals surface area contributed by atoms with Crippen LogP contribution in [0.25, 0.3) is 0 Å². The molecular formula is C13H18F2N2O3. The average Bonchev–Trinajstić information content (AvgIpc) is 2.33. The largest absolute Gasteiger partial charge is 0.472 e.